The number of carbonyl (C=O) groups is 5. The van der Waals surface area contributed by atoms with E-state index in [4.69, 9.17) is 28.4 Å². The molecule has 0 bridgehead atoms. The van der Waals surface area contributed by atoms with Gasteiger partial charge in [0.2, 0.25) is 0 Å². The van der Waals surface area contributed by atoms with Crippen LogP contribution in [0.4, 0.5) is 0 Å². The lowest BCUT2D eigenvalue weighted by molar-refractivity contribution is -0.298. The second-order valence-corrected chi connectivity index (χ2v) is 11.7. The van der Waals surface area contributed by atoms with Crippen molar-refractivity contribution >= 4 is 29.7 Å². The van der Waals surface area contributed by atoms with E-state index in [0.717, 1.165) is 0 Å². The standard InChI is InChI=1S/C40H38O11/c1-27(41)16-14-15-25-46-40-35(51-39(45)31-23-12-5-13-24-31)34(50-38(44)30-21-10-4-11-22-30)33(49-37(43)29-19-8-3-9-20-29)32(48-40)26-47-36(42)28-17-6-2-7-18-28/h2-13,17-24,32-35,40H,14-16,25-26H2,1H3/t32?,33-,34+,35?,40-/m1/s1. The second kappa shape index (κ2) is 18.4. The number of benzene rings is 4. The van der Waals surface area contributed by atoms with E-state index in [1.165, 1.54) is 6.92 Å². The number of ether oxygens (including phenoxy) is 6. The first kappa shape index (κ1) is 36.6. The van der Waals surface area contributed by atoms with Crippen molar-refractivity contribution in [3.63, 3.8) is 0 Å². The molecule has 0 spiro atoms. The van der Waals surface area contributed by atoms with Crippen molar-refractivity contribution < 1.29 is 52.4 Å². The maximum absolute atomic E-state index is 13.6. The van der Waals surface area contributed by atoms with Gasteiger partial charge in [-0.3, -0.25) is 0 Å². The molecule has 11 heteroatoms. The van der Waals surface area contributed by atoms with E-state index in [0.29, 0.717) is 19.3 Å². The molecule has 1 aliphatic heterocycles. The van der Waals surface area contributed by atoms with Crippen LogP contribution in [0.25, 0.3) is 0 Å². The van der Waals surface area contributed by atoms with Crippen LogP contribution in [0, 0.1) is 0 Å². The van der Waals surface area contributed by atoms with Crippen LogP contribution in [0.3, 0.4) is 0 Å². The molecule has 0 amide bonds. The summed E-state index contributed by atoms with van der Waals surface area (Å²) in [6, 6.07) is 32.7. The van der Waals surface area contributed by atoms with Crippen molar-refractivity contribution in [1.29, 1.82) is 0 Å². The maximum Gasteiger partial charge on any atom is 0.338 e. The minimum Gasteiger partial charge on any atom is -0.459 e. The van der Waals surface area contributed by atoms with Crippen LogP contribution in [-0.2, 0) is 33.2 Å². The molecule has 11 nitrogen and oxygen atoms in total. The lowest BCUT2D eigenvalue weighted by Gasteiger charge is -2.44. The number of rotatable bonds is 15. The van der Waals surface area contributed by atoms with Crippen molar-refractivity contribution in [3.05, 3.63) is 144 Å². The Hall–Kier alpha value is -5.65. The Kier molecular flexibility index (Phi) is 13.2. The quantitative estimate of drug-likeness (QED) is 0.0820. The number of esters is 4. The molecule has 5 rings (SSSR count). The molecule has 0 saturated carbocycles. The molecule has 51 heavy (non-hydrogen) atoms. The van der Waals surface area contributed by atoms with Gasteiger partial charge in [-0.1, -0.05) is 72.8 Å². The van der Waals surface area contributed by atoms with Crippen molar-refractivity contribution in [1.82, 2.24) is 0 Å². The van der Waals surface area contributed by atoms with Gasteiger partial charge in [0.25, 0.3) is 0 Å². The van der Waals surface area contributed by atoms with E-state index in [1.54, 1.807) is 121 Å². The Morgan fingerprint density at radius 3 is 1.39 bits per heavy atom. The first-order chi connectivity index (χ1) is 24.8. The number of carbonyl (C=O) groups excluding carboxylic acids is 5. The Balaban J connectivity index is 1.52. The lowest BCUT2D eigenvalue weighted by atomic mass is 9.97. The molecule has 0 radical (unpaired) electrons. The van der Waals surface area contributed by atoms with E-state index in [9.17, 15) is 24.0 Å². The molecule has 264 valence electrons. The third-order valence-corrected chi connectivity index (χ3v) is 7.94. The van der Waals surface area contributed by atoms with Crippen LogP contribution in [-0.4, -0.2) is 73.6 Å². The minimum atomic E-state index is -1.51. The van der Waals surface area contributed by atoms with Gasteiger partial charge in [0.15, 0.2) is 24.6 Å². The largest absolute Gasteiger partial charge is 0.459 e. The van der Waals surface area contributed by atoms with Crippen molar-refractivity contribution in [2.24, 2.45) is 0 Å². The molecular weight excluding hydrogens is 656 g/mol. The fourth-order valence-electron chi connectivity index (χ4n) is 5.34. The molecule has 0 aliphatic carbocycles. The van der Waals surface area contributed by atoms with E-state index in [1.807, 2.05) is 0 Å². The number of Topliss-reactive ketones (excluding diaryl/α,β-unsaturated/α-hetero) is 1. The van der Waals surface area contributed by atoms with Gasteiger partial charge < -0.3 is 33.2 Å². The number of hydrogen-bond donors (Lipinski definition) is 0. The van der Waals surface area contributed by atoms with Gasteiger partial charge in [-0.25, -0.2) is 19.2 Å². The summed E-state index contributed by atoms with van der Waals surface area (Å²) in [5.41, 5.74) is 0.833. The zero-order valence-corrected chi connectivity index (χ0v) is 28.0. The van der Waals surface area contributed by atoms with Gasteiger partial charge in [0.1, 0.15) is 18.5 Å². The summed E-state index contributed by atoms with van der Waals surface area (Å²) in [4.78, 5) is 65.3. The summed E-state index contributed by atoms with van der Waals surface area (Å²) in [5.74, 6) is -3.03. The SMILES string of the molecule is CC(=O)CCCCO[C@@H]1OC(COC(=O)c2ccccc2)[C@@H](OC(=O)c2ccccc2)[C@H](OC(=O)c2ccccc2)C1OC(=O)c1ccccc1. The molecule has 0 aromatic heterocycles. The van der Waals surface area contributed by atoms with Crippen molar-refractivity contribution in [2.75, 3.05) is 13.2 Å². The Labute approximate surface area is 295 Å². The number of hydrogen-bond acceptors (Lipinski definition) is 11. The third-order valence-electron chi connectivity index (χ3n) is 7.94. The fraction of sp³-hybridized carbons (Fsp3) is 0.275. The maximum atomic E-state index is 13.6. The molecule has 5 atom stereocenters. The van der Waals surface area contributed by atoms with Crippen LogP contribution in [0.15, 0.2) is 121 Å². The summed E-state index contributed by atoms with van der Waals surface area (Å²) in [5, 5.41) is 0. The van der Waals surface area contributed by atoms with E-state index >= 15 is 0 Å². The van der Waals surface area contributed by atoms with Gasteiger partial charge >= 0.3 is 23.9 Å². The molecule has 1 aliphatic rings. The summed E-state index contributed by atoms with van der Waals surface area (Å²) in [7, 11) is 0. The van der Waals surface area contributed by atoms with Crippen LogP contribution >= 0.6 is 0 Å². The van der Waals surface area contributed by atoms with Gasteiger partial charge in [-0.15, -0.1) is 0 Å². The summed E-state index contributed by atoms with van der Waals surface area (Å²) >= 11 is 0. The topological polar surface area (TPSA) is 141 Å². The molecular formula is C40H38O11. The van der Waals surface area contributed by atoms with Gasteiger partial charge in [-0.05, 0) is 68.3 Å². The van der Waals surface area contributed by atoms with E-state index in [2.05, 4.69) is 0 Å². The second-order valence-electron chi connectivity index (χ2n) is 11.7. The lowest BCUT2D eigenvalue weighted by Crippen LogP contribution is -2.63. The number of unbranched alkanes of at least 4 members (excludes halogenated alkanes) is 1. The highest BCUT2D eigenvalue weighted by molar-refractivity contribution is 5.91. The first-order valence-corrected chi connectivity index (χ1v) is 16.6. The zero-order valence-electron chi connectivity index (χ0n) is 28.0. The van der Waals surface area contributed by atoms with Gasteiger partial charge in [0.05, 0.1) is 22.3 Å². The summed E-state index contributed by atoms with van der Waals surface area (Å²) < 4.78 is 36.1. The van der Waals surface area contributed by atoms with Crippen LogP contribution < -0.4 is 0 Å². The van der Waals surface area contributed by atoms with Gasteiger partial charge in [-0.2, -0.15) is 0 Å². The predicted molar refractivity (Wildman–Crippen MR) is 183 cm³/mol. The first-order valence-electron chi connectivity index (χ1n) is 16.6. The molecule has 4 aromatic carbocycles. The minimum absolute atomic E-state index is 0.0230. The molecule has 1 fully saturated rings. The highest BCUT2D eigenvalue weighted by Gasteiger charge is 2.53. The van der Waals surface area contributed by atoms with Crippen LogP contribution in [0.2, 0.25) is 0 Å². The Bertz CT molecular complexity index is 1750. The zero-order chi connectivity index (χ0) is 36.0. The van der Waals surface area contributed by atoms with E-state index in [-0.39, 0.29) is 34.6 Å². The predicted octanol–water partition coefficient (Wildman–Crippen LogP) is 6.02. The van der Waals surface area contributed by atoms with Crippen molar-refractivity contribution in [3.8, 4) is 0 Å². The molecule has 4 aromatic rings. The normalized spacial score (nSPS) is 19.7. The van der Waals surface area contributed by atoms with Gasteiger partial charge in [0, 0.05) is 13.0 Å². The monoisotopic (exact) mass is 694 g/mol. The molecule has 1 heterocycles. The smallest absolute Gasteiger partial charge is 0.338 e. The summed E-state index contributed by atoms with van der Waals surface area (Å²) in [6.07, 6.45) is -5.74. The highest BCUT2D eigenvalue weighted by Crippen LogP contribution is 2.32. The average molecular weight is 695 g/mol. The molecule has 0 N–H and O–H groups in total. The Morgan fingerprint density at radius 1 is 0.529 bits per heavy atom. The molecule has 1 saturated heterocycles. The highest BCUT2D eigenvalue weighted by atomic mass is 16.7. The van der Waals surface area contributed by atoms with Crippen molar-refractivity contribution in [2.45, 2.75) is 56.9 Å². The Morgan fingerprint density at radius 2 is 0.941 bits per heavy atom. The van der Waals surface area contributed by atoms with E-state index < -0.39 is 61.2 Å². The average Bonchev–Trinajstić information content (AvgIpc) is 3.16. The fourth-order valence-corrected chi connectivity index (χ4v) is 5.34. The summed E-state index contributed by atoms with van der Waals surface area (Å²) in [6.45, 7) is 1.11. The third kappa shape index (κ3) is 10.4. The van der Waals surface area contributed by atoms with Crippen LogP contribution in [0.5, 0.6) is 0 Å². The van der Waals surface area contributed by atoms with Crippen LogP contribution in [0.1, 0.15) is 67.6 Å². The number of ketones is 1. The molecule has 2 unspecified atom stereocenters.